The van der Waals surface area contributed by atoms with Gasteiger partial charge in [0.15, 0.2) is 0 Å². The minimum Gasteiger partial charge on any atom is -0.368 e. The van der Waals surface area contributed by atoms with Crippen LogP contribution < -0.4 is 5.32 Å². The summed E-state index contributed by atoms with van der Waals surface area (Å²) in [5.41, 5.74) is 2.58. The van der Waals surface area contributed by atoms with E-state index in [-0.39, 0.29) is 0 Å². The van der Waals surface area contributed by atoms with Crippen molar-refractivity contribution >= 4 is 5.84 Å². The third-order valence-electron chi connectivity index (χ3n) is 2.52. The fraction of sp³-hybridized carbons (Fsp3) is 0.417. The Bertz CT molecular complexity index is 336. The van der Waals surface area contributed by atoms with E-state index < -0.39 is 0 Å². The van der Waals surface area contributed by atoms with Crippen molar-refractivity contribution in [1.82, 2.24) is 5.32 Å². The van der Waals surface area contributed by atoms with E-state index in [2.05, 4.69) is 48.4 Å². The second-order valence-electron chi connectivity index (χ2n) is 3.93. The average molecular weight is 188 g/mol. The molecule has 1 heterocycles. The van der Waals surface area contributed by atoms with Crippen LogP contribution in [0.25, 0.3) is 0 Å². The van der Waals surface area contributed by atoms with E-state index >= 15 is 0 Å². The highest BCUT2D eigenvalue weighted by atomic mass is 15.1. The van der Waals surface area contributed by atoms with Crippen molar-refractivity contribution in [3.63, 3.8) is 0 Å². The lowest BCUT2D eigenvalue weighted by Gasteiger charge is -2.07. The van der Waals surface area contributed by atoms with Crippen LogP contribution in [0.1, 0.15) is 30.9 Å². The second-order valence-corrected chi connectivity index (χ2v) is 3.93. The first kappa shape index (κ1) is 9.25. The Labute approximate surface area is 85.1 Å². The first-order valence-corrected chi connectivity index (χ1v) is 5.16. The van der Waals surface area contributed by atoms with Gasteiger partial charge in [-0.2, -0.15) is 0 Å². The molecule has 0 unspecified atom stereocenters. The molecule has 0 saturated heterocycles. The van der Waals surface area contributed by atoms with Gasteiger partial charge in [-0.05, 0) is 11.5 Å². The zero-order chi connectivity index (χ0) is 9.97. The van der Waals surface area contributed by atoms with Crippen LogP contribution >= 0.6 is 0 Å². The Morgan fingerprint density at radius 1 is 1.21 bits per heavy atom. The molecule has 14 heavy (non-hydrogen) atoms. The van der Waals surface area contributed by atoms with Crippen LogP contribution in [-0.2, 0) is 0 Å². The monoisotopic (exact) mass is 188 g/mol. The summed E-state index contributed by atoms with van der Waals surface area (Å²) in [5.74, 6) is 1.64. The summed E-state index contributed by atoms with van der Waals surface area (Å²) in [6, 6.07) is 8.66. The van der Waals surface area contributed by atoms with Crippen LogP contribution in [-0.4, -0.2) is 18.9 Å². The molecule has 0 saturated carbocycles. The SMILES string of the molecule is CC(C)c1ccc(C2=NCCN2)cc1. The summed E-state index contributed by atoms with van der Waals surface area (Å²) < 4.78 is 0. The molecule has 0 bridgehead atoms. The molecule has 0 radical (unpaired) electrons. The number of hydrogen-bond acceptors (Lipinski definition) is 2. The molecule has 0 aliphatic carbocycles. The molecule has 1 aromatic carbocycles. The molecule has 74 valence electrons. The highest BCUT2D eigenvalue weighted by Gasteiger charge is 2.07. The number of benzene rings is 1. The largest absolute Gasteiger partial charge is 0.368 e. The number of rotatable bonds is 2. The number of amidine groups is 1. The van der Waals surface area contributed by atoms with Crippen LogP contribution in [0.2, 0.25) is 0 Å². The van der Waals surface area contributed by atoms with E-state index in [4.69, 9.17) is 0 Å². The fourth-order valence-electron chi connectivity index (χ4n) is 1.62. The summed E-state index contributed by atoms with van der Waals surface area (Å²) in [7, 11) is 0. The highest BCUT2D eigenvalue weighted by molar-refractivity contribution is 5.99. The van der Waals surface area contributed by atoms with Gasteiger partial charge < -0.3 is 5.32 Å². The van der Waals surface area contributed by atoms with Gasteiger partial charge in [-0.3, -0.25) is 4.99 Å². The van der Waals surface area contributed by atoms with Crippen LogP contribution in [0.15, 0.2) is 29.3 Å². The Morgan fingerprint density at radius 3 is 2.43 bits per heavy atom. The zero-order valence-electron chi connectivity index (χ0n) is 8.75. The first-order chi connectivity index (χ1) is 6.77. The number of nitrogens with one attached hydrogen (secondary N) is 1. The van der Waals surface area contributed by atoms with Crippen molar-refractivity contribution in [2.24, 2.45) is 4.99 Å². The van der Waals surface area contributed by atoms with Crippen LogP contribution in [0.3, 0.4) is 0 Å². The molecule has 2 rings (SSSR count). The molecule has 0 amide bonds. The molecule has 0 atom stereocenters. The summed E-state index contributed by atoms with van der Waals surface area (Å²) in [6.45, 7) is 6.29. The lowest BCUT2D eigenvalue weighted by Crippen LogP contribution is -2.19. The predicted octanol–water partition coefficient (Wildman–Crippen LogP) is 2.16. The maximum atomic E-state index is 4.39. The molecule has 1 N–H and O–H groups in total. The van der Waals surface area contributed by atoms with Gasteiger partial charge in [0.25, 0.3) is 0 Å². The van der Waals surface area contributed by atoms with E-state index in [1.165, 1.54) is 11.1 Å². The Morgan fingerprint density at radius 2 is 1.93 bits per heavy atom. The third kappa shape index (κ3) is 1.79. The van der Waals surface area contributed by atoms with E-state index in [1.54, 1.807) is 0 Å². The number of nitrogens with zero attached hydrogens (tertiary/aromatic N) is 1. The summed E-state index contributed by atoms with van der Waals surface area (Å²) in [4.78, 5) is 4.39. The second kappa shape index (κ2) is 3.82. The summed E-state index contributed by atoms with van der Waals surface area (Å²) in [6.07, 6.45) is 0. The Kier molecular flexibility index (Phi) is 2.53. The van der Waals surface area contributed by atoms with Crippen LogP contribution in [0.4, 0.5) is 0 Å². The molecule has 1 aromatic rings. The van der Waals surface area contributed by atoms with Crippen molar-refractivity contribution in [2.75, 3.05) is 13.1 Å². The maximum absolute atomic E-state index is 4.39. The maximum Gasteiger partial charge on any atom is 0.128 e. The smallest absolute Gasteiger partial charge is 0.128 e. The standard InChI is InChI=1S/C12H16N2/c1-9(2)10-3-5-11(6-4-10)12-13-7-8-14-12/h3-6,9H,7-8H2,1-2H3,(H,13,14). The van der Waals surface area contributed by atoms with Gasteiger partial charge in [0.05, 0.1) is 6.54 Å². The van der Waals surface area contributed by atoms with Gasteiger partial charge in [0.1, 0.15) is 5.84 Å². The van der Waals surface area contributed by atoms with Crippen molar-refractivity contribution < 1.29 is 0 Å². The molecule has 0 spiro atoms. The third-order valence-corrected chi connectivity index (χ3v) is 2.52. The predicted molar refractivity (Wildman–Crippen MR) is 59.9 cm³/mol. The normalized spacial score (nSPS) is 15.5. The quantitative estimate of drug-likeness (QED) is 0.755. The molecule has 2 nitrogen and oxygen atoms in total. The van der Waals surface area contributed by atoms with E-state index in [0.29, 0.717) is 5.92 Å². The fourth-order valence-corrected chi connectivity index (χ4v) is 1.62. The van der Waals surface area contributed by atoms with Crippen LogP contribution in [0.5, 0.6) is 0 Å². The van der Waals surface area contributed by atoms with Crippen LogP contribution in [0, 0.1) is 0 Å². The van der Waals surface area contributed by atoms with Gasteiger partial charge >= 0.3 is 0 Å². The van der Waals surface area contributed by atoms with E-state index in [9.17, 15) is 0 Å². The van der Waals surface area contributed by atoms with Gasteiger partial charge in [0.2, 0.25) is 0 Å². The molecule has 0 aromatic heterocycles. The van der Waals surface area contributed by atoms with Gasteiger partial charge in [-0.25, -0.2) is 0 Å². The molecule has 0 fully saturated rings. The number of hydrogen-bond donors (Lipinski definition) is 1. The average Bonchev–Trinajstić information content (AvgIpc) is 2.71. The highest BCUT2D eigenvalue weighted by Crippen LogP contribution is 2.15. The number of aliphatic imine (C=N–C) groups is 1. The lowest BCUT2D eigenvalue weighted by atomic mass is 10.0. The van der Waals surface area contributed by atoms with E-state index in [0.717, 1.165) is 18.9 Å². The summed E-state index contributed by atoms with van der Waals surface area (Å²) in [5, 5.41) is 3.27. The molecule has 2 heteroatoms. The van der Waals surface area contributed by atoms with Crippen molar-refractivity contribution in [3.8, 4) is 0 Å². The zero-order valence-corrected chi connectivity index (χ0v) is 8.75. The molecular weight excluding hydrogens is 172 g/mol. The molecular formula is C12H16N2. The topological polar surface area (TPSA) is 24.4 Å². The Balaban J connectivity index is 2.21. The van der Waals surface area contributed by atoms with Crippen molar-refractivity contribution in [2.45, 2.75) is 19.8 Å². The van der Waals surface area contributed by atoms with Crippen molar-refractivity contribution in [3.05, 3.63) is 35.4 Å². The van der Waals surface area contributed by atoms with Gasteiger partial charge in [-0.1, -0.05) is 38.1 Å². The molecule has 1 aliphatic heterocycles. The van der Waals surface area contributed by atoms with Crippen molar-refractivity contribution in [1.29, 1.82) is 0 Å². The first-order valence-electron chi connectivity index (χ1n) is 5.16. The molecule has 1 aliphatic rings. The minimum absolute atomic E-state index is 0.600. The summed E-state index contributed by atoms with van der Waals surface area (Å²) >= 11 is 0. The van der Waals surface area contributed by atoms with Gasteiger partial charge in [-0.15, -0.1) is 0 Å². The van der Waals surface area contributed by atoms with Gasteiger partial charge in [0, 0.05) is 12.1 Å². The minimum atomic E-state index is 0.600. The Hall–Kier alpha value is -1.31. The van der Waals surface area contributed by atoms with E-state index in [1.807, 2.05) is 0 Å². The lowest BCUT2D eigenvalue weighted by molar-refractivity contribution is 0.866.